The highest BCUT2D eigenvalue weighted by molar-refractivity contribution is 5.93. The average molecular weight is 233 g/mol. The Morgan fingerprint density at radius 3 is 2.65 bits per heavy atom. The highest BCUT2D eigenvalue weighted by Crippen LogP contribution is 2.25. The van der Waals surface area contributed by atoms with Crippen molar-refractivity contribution in [2.75, 3.05) is 5.32 Å². The van der Waals surface area contributed by atoms with E-state index in [4.69, 9.17) is 5.26 Å². The summed E-state index contributed by atoms with van der Waals surface area (Å²) in [6.45, 7) is 3.26. The molecule has 0 spiro atoms. The molecule has 17 heavy (non-hydrogen) atoms. The number of rotatable bonds is 3. The van der Waals surface area contributed by atoms with E-state index in [0.717, 1.165) is 0 Å². The third-order valence-corrected chi connectivity index (χ3v) is 2.25. The lowest BCUT2D eigenvalue weighted by molar-refractivity contribution is -0.385. The Morgan fingerprint density at radius 1 is 1.47 bits per heavy atom. The van der Waals surface area contributed by atoms with Gasteiger partial charge in [0.05, 0.1) is 11.0 Å². The summed E-state index contributed by atoms with van der Waals surface area (Å²) in [7, 11) is 0. The molecule has 88 valence electrons. The van der Waals surface area contributed by atoms with Crippen molar-refractivity contribution in [1.29, 1.82) is 5.26 Å². The third-order valence-electron chi connectivity index (χ3n) is 2.25. The molecule has 0 aliphatic rings. The molecule has 1 amide bonds. The molecule has 0 saturated carbocycles. The van der Waals surface area contributed by atoms with Crippen LogP contribution >= 0.6 is 0 Å². The molecule has 0 atom stereocenters. The summed E-state index contributed by atoms with van der Waals surface area (Å²) < 4.78 is 0. The second-order valence-electron chi connectivity index (χ2n) is 3.59. The van der Waals surface area contributed by atoms with Gasteiger partial charge >= 0.3 is 0 Å². The summed E-state index contributed by atoms with van der Waals surface area (Å²) in [6.07, 6.45) is -0.241. The van der Waals surface area contributed by atoms with Gasteiger partial charge in [0.15, 0.2) is 0 Å². The second kappa shape index (κ2) is 5.07. The first-order valence-electron chi connectivity index (χ1n) is 4.88. The third kappa shape index (κ3) is 3.01. The fourth-order valence-corrected chi connectivity index (χ4v) is 1.40. The summed E-state index contributed by atoms with van der Waals surface area (Å²) in [6, 6.07) is 4.66. The first-order chi connectivity index (χ1) is 7.95. The van der Waals surface area contributed by atoms with E-state index in [1.807, 2.05) is 0 Å². The van der Waals surface area contributed by atoms with Gasteiger partial charge in [0.2, 0.25) is 5.91 Å². The molecule has 1 N–H and O–H groups in total. The van der Waals surface area contributed by atoms with Crippen LogP contribution in [0.4, 0.5) is 11.4 Å². The molecule has 0 aromatic heterocycles. The van der Waals surface area contributed by atoms with Crippen molar-refractivity contribution < 1.29 is 9.72 Å². The van der Waals surface area contributed by atoms with E-state index in [2.05, 4.69) is 5.32 Å². The first kappa shape index (κ1) is 12.6. The van der Waals surface area contributed by atoms with E-state index in [1.165, 1.54) is 12.1 Å². The van der Waals surface area contributed by atoms with Crippen molar-refractivity contribution >= 4 is 17.3 Å². The van der Waals surface area contributed by atoms with E-state index >= 15 is 0 Å². The number of aryl methyl sites for hydroxylation is 2. The van der Waals surface area contributed by atoms with Gasteiger partial charge in [-0.05, 0) is 25.5 Å². The maximum atomic E-state index is 11.2. The summed E-state index contributed by atoms with van der Waals surface area (Å²) >= 11 is 0. The summed E-state index contributed by atoms with van der Waals surface area (Å²) in [5.41, 5.74) is 1.57. The highest BCUT2D eigenvalue weighted by atomic mass is 16.6. The van der Waals surface area contributed by atoms with Crippen molar-refractivity contribution in [3.8, 4) is 6.07 Å². The first-order valence-corrected chi connectivity index (χ1v) is 4.88. The monoisotopic (exact) mass is 233 g/mol. The predicted molar refractivity (Wildman–Crippen MR) is 61.4 cm³/mol. The summed E-state index contributed by atoms with van der Waals surface area (Å²) in [5, 5.41) is 21.6. The van der Waals surface area contributed by atoms with Crippen LogP contribution in [0.1, 0.15) is 17.5 Å². The number of hydrogen-bond donors (Lipinski definition) is 1. The van der Waals surface area contributed by atoms with Crippen LogP contribution in [0, 0.1) is 35.3 Å². The van der Waals surface area contributed by atoms with Crippen molar-refractivity contribution in [3.63, 3.8) is 0 Å². The lowest BCUT2D eigenvalue weighted by atomic mass is 10.1. The van der Waals surface area contributed by atoms with E-state index < -0.39 is 10.8 Å². The van der Waals surface area contributed by atoms with Crippen LogP contribution in [0.25, 0.3) is 0 Å². The summed E-state index contributed by atoms with van der Waals surface area (Å²) in [4.78, 5) is 21.4. The van der Waals surface area contributed by atoms with Gasteiger partial charge in [-0.3, -0.25) is 14.9 Å². The van der Waals surface area contributed by atoms with Gasteiger partial charge in [0.1, 0.15) is 6.42 Å². The van der Waals surface area contributed by atoms with Crippen molar-refractivity contribution in [2.24, 2.45) is 0 Å². The largest absolute Gasteiger partial charge is 0.325 e. The van der Waals surface area contributed by atoms with Gasteiger partial charge in [-0.15, -0.1) is 0 Å². The smallest absolute Gasteiger partial charge is 0.272 e. The Balaban J connectivity index is 3.04. The van der Waals surface area contributed by atoms with E-state index in [1.54, 1.807) is 19.9 Å². The Morgan fingerprint density at radius 2 is 2.12 bits per heavy atom. The number of nitro benzene ring substituents is 1. The number of carbonyl (C=O) groups is 1. The SMILES string of the molecule is Cc1cc([N+](=O)[O-])c(C)cc1NC(=O)CC#N. The molecule has 1 rings (SSSR count). The fraction of sp³-hybridized carbons (Fsp3) is 0.273. The van der Waals surface area contributed by atoms with Crippen molar-refractivity contribution in [1.82, 2.24) is 0 Å². The van der Waals surface area contributed by atoms with Crippen molar-refractivity contribution in [3.05, 3.63) is 33.4 Å². The van der Waals surface area contributed by atoms with Crippen LogP contribution in [-0.4, -0.2) is 10.8 Å². The highest BCUT2D eigenvalue weighted by Gasteiger charge is 2.14. The molecule has 1 aromatic carbocycles. The Bertz CT molecular complexity index is 517. The van der Waals surface area contributed by atoms with Crippen LogP contribution in [0.5, 0.6) is 0 Å². The number of hydrogen-bond acceptors (Lipinski definition) is 4. The number of nitrogens with one attached hydrogen (secondary N) is 1. The minimum absolute atomic E-state index is 0.0146. The molecular formula is C11H11N3O3. The number of amides is 1. The number of nitro groups is 1. The molecule has 0 unspecified atom stereocenters. The van der Waals surface area contributed by atoms with Crippen LogP contribution in [-0.2, 0) is 4.79 Å². The molecule has 0 aliphatic heterocycles. The molecule has 6 heteroatoms. The van der Waals surface area contributed by atoms with Crippen LogP contribution in [0.2, 0.25) is 0 Å². The van der Waals surface area contributed by atoms with Crippen LogP contribution in [0.3, 0.4) is 0 Å². The second-order valence-corrected chi connectivity index (χ2v) is 3.59. The molecule has 1 aromatic rings. The molecule has 0 radical (unpaired) electrons. The Kier molecular flexibility index (Phi) is 3.78. The van der Waals surface area contributed by atoms with E-state index in [-0.39, 0.29) is 12.1 Å². The number of carbonyl (C=O) groups excluding carboxylic acids is 1. The Hall–Kier alpha value is -2.42. The standard InChI is InChI=1S/C11H11N3O3/c1-7-6-10(14(16)17)8(2)5-9(7)13-11(15)3-4-12/h5-6H,3H2,1-2H3,(H,13,15). The molecule has 0 heterocycles. The Labute approximate surface area is 98.0 Å². The van der Waals surface area contributed by atoms with E-state index in [9.17, 15) is 14.9 Å². The van der Waals surface area contributed by atoms with Gasteiger partial charge in [-0.2, -0.15) is 5.26 Å². The predicted octanol–water partition coefficient (Wildman–Crippen LogP) is 2.06. The normalized spacial score (nSPS) is 9.47. The lowest BCUT2D eigenvalue weighted by Crippen LogP contribution is -2.11. The average Bonchev–Trinajstić information content (AvgIpc) is 2.22. The lowest BCUT2D eigenvalue weighted by Gasteiger charge is -2.08. The molecule has 6 nitrogen and oxygen atoms in total. The van der Waals surface area contributed by atoms with E-state index in [0.29, 0.717) is 16.8 Å². The fourth-order valence-electron chi connectivity index (χ4n) is 1.40. The zero-order chi connectivity index (χ0) is 13.0. The molecular weight excluding hydrogens is 222 g/mol. The number of nitriles is 1. The topological polar surface area (TPSA) is 96.0 Å². The van der Waals surface area contributed by atoms with Gasteiger partial charge in [-0.1, -0.05) is 0 Å². The van der Waals surface area contributed by atoms with Crippen molar-refractivity contribution in [2.45, 2.75) is 20.3 Å². The van der Waals surface area contributed by atoms with Crippen LogP contribution in [0.15, 0.2) is 12.1 Å². The zero-order valence-electron chi connectivity index (χ0n) is 9.48. The van der Waals surface area contributed by atoms with Gasteiger partial charge in [0, 0.05) is 17.3 Å². The number of benzene rings is 1. The molecule has 0 aliphatic carbocycles. The number of nitrogens with zero attached hydrogens (tertiary/aromatic N) is 2. The molecule has 0 saturated heterocycles. The maximum absolute atomic E-state index is 11.2. The van der Waals surface area contributed by atoms with Gasteiger partial charge < -0.3 is 5.32 Å². The van der Waals surface area contributed by atoms with Gasteiger partial charge in [0.25, 0.3) is 5.69 Å². The quantitative estimate of drug-likeness (QED) is 0.638. The summed E-state index contributed by atoms with van der Waals surface area (Å²) in [5.74, 6) is -0.427. The maximum Gasteiger partial charge on any atom is 0.272 e. The minimum atomic E-state index is -0.469. The molecule has 0 bridgehead atoms. The molecule has 0 fully saturated rings. The van der Waals surface area contributed by atoms with Gasteiger partial charge in [-0.25, -0.2) is 0 Å². The minimum Gasteiger partial charge on any atom is -0.325 e. The zero-order valence-corrected chi connectivity index (χ0v) is 9.48. The van der Waals surface area contributed by atoms with Crippen LogP contribution < -0.4 is 5.32 Å². The number of anilines is 1.